The third-order valence-electron chi connectivity index (χ3n) is 2.36. The highest BCUT2D eigenvalue weighted by atomic mass is 32.2. The van der Waals surface area contributed by atoms with E-state index in [9.17, 15) is 17.6 Å². The van der Waals surface area contributed by atoms with Gasteiger partial charge in [0.2, 0.25) is 0 Å². The molecule has 1 amide bonds. The number of nitrogens with one attached hydrogen (secondary N) is 1. The first-order valence-electron chi connectivity index (χ1n) is 5.41. The predicted molar refractivity (Wildman–Crippen MR) is 70.8 cm³/mol. The van der Waals surface area contributed by atoms with E-state index in [1.165, 1.54) is 38.4 Å². The average molecular weight is 286 g/mol. The van der Waals surface area contributed by atoms with Crippen LogP contribution < -0.4 is 4.72 Å². The van der Waals surface area contributed by atoms with Crippen molar-refractivity contribution in [2.24, 2.45) is 0 Å². The average Bonchev–Trinajstić information content (AvgIpc) is 2.28. The Bertz CT molecular complexity index is 592. The van der Waals surface area contributed by atoms with E-state index in [0.717, 1.165) is 10.4 Å². The zero-order valence-electron chi connectivity index (χ0n) is 10.8. The summed E-state index contributed by atoms with van der Waals surface area (Å²) in [5.74, 6) is -1.13. The fraction of sp³-hybridized carbons (Fsp3) is 0.250. The molecule has 1 aromatic rings. The van der Waals surface area contributed by atoms with E-state index >= 15 is 0 Å². The van der Waals surface area contributed by atoms with Crippen LogP contribution >= 0.6 is 0 Å². The lowest BCUT2D eigenvalue weighted by molar-refractivity contribution is -0.114. The van der Waals surface area contributed by atoms with Gasteiger partial charge in [-0.25, -0.2) is 9.11 Å². The van der Waals surface area contributed by atoms with E-state index in [2.05, 4.69) is 0 Å². The molecule has 5 nitrogen and oxygen atoms in total. The van der Waals surface area contributed by atoms with E-state index < -0.39 is 16.1 Å². The summed E-state index contributed by atoms with van der Waals surface area (Å²) in [4.78, 5) is 11.5. The Kier molecular flexibility index (Phi) is 4.79. The minimum atomic E-state index is -3.80. The Hall–Kier alpha value is -1.73. The molecule has 1 rings (SSSR count). The van der Waals surface area contributed by atoms with Crippen molar-refractivity contribution in [3.8, 4) is 0 Å². The van der Waals surface area contributed by atoms with Crippen molar-refractivity contribution in [3.63, 3.8) is 0 Å². The molecule has 0 saturated heterocycles. The Morgan fingerprint density at radius 2 is 1.79 bits per heavy atom. The molecule has 0 fully saturated rings. The number of amides is 1. The van der Waals surface area contributed by atoms with Gasteiger partial charge in [-0.2, -0.15) is 12.7 Å². The van der Waals surface area contributed by atoms with Crippen molar-refractivity contribution in [2.75, 3.05) is 14.1 Å². The molecule has 7 heteroatoms. The van der Waals surface area contributed by atoms with Gasteiger partial charge in [-0.15, -0.1) is 0 Å². The molecule has 0 unspecified atom stereocenters. The summed E-state index contributed by atoms with van der Waals surface area (Å²) in [7, 11) is -1.18. The van der Waals surface area contributed by atoms with Gasteiger partial charge in [-0.1, -0.05) is 12.1 Å². The van der Waals surface area contributed by atoms with Crippen LogP contribution in [0.5, 0.6) is 0 Å². The third-order valence-corrected chi connectivity index (χ3v) is 3.78. The molecular weight excluding hydrogens is 271 g/mol. The SMILES string of the molecule is CC(=CC(=O)NS(=O)(=O)N(C)C)c1ccc(F)cc1. The Morgan fingerprint density at radius 3 is 2.26 bits per heavy atom. The minimum absolute atomic E-state index is 0.379. The van der Waals surface area contributed by atoms with Crippen LogP contribution in [0, 0.1) is 5.82 Å². The molecule has 1 N–H and O–H groups in total. The van der Waals surface area contributed by atoms with E-state index in [1.807, 2.05) is 4.72 Å². The Labute approximate surface area is 111 Å². The number of carbonyl (C=O) groups excluding carboxylic acids is 1. The van der Waals surface area contributed by atoms with E-state index in [1.54, 1.807) is 6.92 Å². The van der Waals surface area contributed by atoms with Gasteiger partial charge in [0, 0.05) is 20.2 Å². The standard InChI is InChI=1S/C12H15FN2O3S/c1-9(10-4-6-11(13)7-5-10)8-12(16)14-19(17,18)15(2)3/h4-8H,1-3H3,(H,14,16). The van der Waals surface area contributed by atoms with E-state index in [0.29, 0.717) is 11.1 Å². The predicted octanol–water partition coefficient (Wildman–Crippen LogP) is 1.15. The first-order valence-corrected chi connectivity index (χ1v) is 6.85. The maximum Gasteiger partial charge on any atom is 0.303 e. The van der Waals surface area contributed by atoms with Gasteiger partial charge in [0.05, 0.1) is 0 Å². The molecule has 0 radical (unpaired) electrons. The first kappa shape index (κ1) is 15.3. The molecule has 0 aliphatic rings. The zero-order chi connectivity index (χ0) is 14.6. The van der Waals surface area contributed by atoms with Crippen LogP contribution in [0.2, 0.25) is 0 Å². The second-order valence-electron chi connectivity index (χ2n) is 4.09. The lowest BCUT2D eigenvalue weighted by Crippen LogP contribution is -2.38. The van der Waals surface area contributed by atoms with Gasteiger partial charge in [-0.05, 0) is 30.2 Å². The van der Waals surface area contributed by atoms with Crippen LogP contribution in [0.3, 0.4) is 0 Å². The number of hydrogen-bond acceptors (Lipinski definition) is 3. The van der Waals surface area contributed by atoms with Crippen LogP contribution in [-0.2, 0) is 15.0 Å². The number of rotatable bonds is 4. The van der Waals surface area contributed by atoms with E-state index in [4.69, 9.17) is 0 Å². The largest absolute Gasteiger partial charge is 0.303 e. The van der Waals surface area contributed by atoms with Crippen molar-refractivity contribution >= 4 is 21.7 Å². The summed E-state index contributed by atoms with van der Waals surface area (Å²) in [6.45, 7) is 1.63. The monoisotopic (exact) mass is 286 g/mol. The van der Waals surface area contributed by atoms with Crippen LogP contribution in [0.4, 0.5) is 4.39 Å². The minimum Gasteiger partial charge on any atom is -0.269 e. The number of carbonyl (C=O) groups is 1. The summed E-state index contributed by atoms with van der Waals surface area (Å²) in [6.07, 6.45) is 1.15. The molecular formula is C12H15FN2O3S. The highest BCUT2D eigenvalue weighted by molar-refractivity contribution is 7.87. The summed E-state index contributed by atoms with van der Waals surface area (Å²) >= 11 is 0. The number of halogens is 1. The van der Waals surface area contributed by atoms with Gasteiger partial charge < -0.3 is 0 Å². The fourth-order valence-electron chi connectivity index (χ4n) is 1.24. The topological polar surface area (TPSA) is 66.5 Å². The van der Waals surface area contributed by atoms with Crippen LogP contribution in [0.1, 0.15) is 12.5 Å². The third kappa shape index (κ3) is 4.46. The number of benzene rings is 1. The summed E-state index contributed by atoms with van der Waals surface area (Å²) in [6, 6.07) is 5.55. The second kappa shape index (κ2) is 5.94. The van der Waals surface area contributed by atoms with Gasteiger partial charge in [0.25, 0.3) is 5.91 Å². The van der Waals surface area contributed by atoms with Crippen LogP contribution in [0.25, 0.3) is 5.57 Å². The molecule has 0 aromatic heterocycles. The molecule has 1 aromatic carbocycles. The Morgan fingerprint density at radius 1 is 1.26 bits per heavy atom. The van der Waals surface area contributed by atoms with Gasteiger partial charge in [0.1, 0.15) is 5.82 Å². The van der Waals surface area contributed by atoms with Crippen LogP contribution in [-0.4, -0.2) is 32.7 Å². The fourth-order valence-corrected chi connectivity index (χ4v) is 1.74. The zero-order valence-corrected chi connectivity index (χ0v) is 11.7. The molecule has 19 heavy (non-hydrogen) atoms. The first-order chi connectivity index (χ1) is 8.72. The highest BCUT2D eigenvalue weighted by Crippen LogP contribution is 2.13. The molecule has 0 bridgehead atoms. The molecule has 0 aliphatic heterocycles. The van der Waals surface area contributed by atoms with Crippen LogP contribution in [0.15, 0.2) is 30.3 Å². The normalized spacial score (nSPS) is 12.6. The maximum absolute atomic E-state index is 12.7. The van der Waals surface area contributed by atoms with Gasteiger partial charge >= 0.3 is 10.2 Å². The molecule has 104 valence electrons. The van der Waals surface area contributed by atoms with Crippen molar-refractivity contribution < 1.29 is 17.6 Å². The molecule has 0 spiro atoms. The van der Waals surface area contributed by atoms with Crippen molar-refractivity contribution in [2.45, 2.75) is 6.92 Å². The van der Waals surface area contributed by atoms with Crippen molar-refractivity contribution in [3.05, 3.63) is 41.7 Å². The lowest BCUT2D eigenvalue weighted by atomic mass is 10.1. The highest BCUT2D eigenvalue weighted by Gasteiger charge is 2.15. The second-order valence-corrected chi connectivity index (χ2v) is 5.97. The smallest absolute Gasteiger partial charge is 0.269 e. The quantitative estimate of drug-likeness (QED) is 0.844. The number of nitrogens with zero attached hydrogens (tertiary/aromatic N) is 1. The summed E-state index contributed by atoms with van der Waals surface area (Å²) in [5, 5.41) is 0. The lowest BCUT2D eigenvalue weighted by Gasteiger charge is -2.11. The van der Waals surface area contributed by atoms with Crippen molar-refractivity contribution in [1.29, 1.82) is 0 Å². The summed E-state index contributed by atoms with van der Waals surface area (Å²) in [5.41, 5.74) is 1.17. The molecule has 0 aliphatic carbocycles. The molecule has 0 heterocycles. The molecule has 0 atom stereocenters. The van der Waals surface area contributed by atoms with E-state index in [-0.39, 0.29) is 5.82 Å². The maximum atomic E-state index is 12.7. The van der Waals surface area contributed by atoms with Gasteiger partial charge in [0.15, 0.2) is 0 Å². The van der Waals surface area contributed by atoms with Crippen molar-refractivity contribution in [1.82, 2.24) is 9.03 Å². The van der Waals surface area contributed by atoms with Gasteiger partial charge in [-0.3, -0.25) is 4.79 Å². The molecule has 0 saturated carbocycles. The Balaban J connectivity index is 2.85. The number of allylic oxidation sites excluding steroid dienone is 1. The number of hydrogen-bond donors (Lipinski definition) is 1. The summed E-state index contributed by atoms with van der Waals surface area (Å²) < 4.78 is 38.3.